The molecule has 1 amide bonds. The molecule has 2 aliphatic heterocycles. The number of ether oxygens (including phenoxy) is 2. The van der Waals surface area contributed by atoms with Crippen molar-refractivity contribution in [2.75, 3.05) is 52.9 Å². The van der Waals surface area contributed by atoms with E-state index < -0.39 is 0 Å². The summed E-state index contributed by atoms with van der Waals surface area (Å²) in [7, 11) is 1.84. The molecule has 5 rings (SSSR count). The number of carbonyl (C=O) groups is 1. The standard InChI is InChI=1S/C24H28N4O3S/c1-26(14-18-17-30-20-7-3-4-8-21(20)31-18)24(29)16-28-12-10-27(11-13-28)15-23-25-19-6-2-5-9-22(19)32-23/h2-9,18H,10-17H2,1H3. The Morgan fingerprint density at radius 2 is 1.78 bits per heavy atom. The van der Waals surface area contributed by atoms with Crippen molar-refractivity contribution < 1.29 is 14.3 Å². The minimum absolute atomic E-state index is 0.118. The first-order valence-electron chi connectivity index (χ1n) is 11.1. The van der Waals surface area contributed by atoms with Gasteiger partial charge in [0.25, 0.3) is 0 Å². The molecule has 8 heteroatoms. The number of piperazine rings is 1. The largest absolute Gasteiger partial charge is 0.486 e. The van der Waals surface area contributed by atoms with Crippen molar-refractivity contribution >= 4 is 27.5 Å². The molecule has 0 N–H and O–H groups in total. The first-order valence-corrected chi connectivity index (χ1v) is 11.9. The molecule has 3 heterocycles. The molecule has 0 spiro atoms. The summed E-state index contributed by atoms with van der Waals surface area (Å²) in [5.41, 5.74) is 1.08. The van der Waals surface area contributed by atoms with Gasteiger partial charge in [0.1, 0.15) is 11.6 Å². The second-order valence-electron chi connectivity index (χ2n) is 8.40. The van der Waals surface area contributed by atoms with Crippen LogP contribution in [0.4, 0.5) is 0 Å². The Hall–Kier alpha value is -2.68. The number of likely N-dealkylation sites (N-methyl/N-ethyl adjacent to an activating group) is 1. The maximum Gasteiger partial charge on any atom is 0.236 e. The van der Waals surface area contributed by atoms with Gasteiger partial charge in [-0.1, -0.05) is 24.3 Å². The first-order chi connectivity index (χ1) is 15.6. The average molecular weight is 453 g/mol. The van der Waals surface area contributed by atoms with E-state index in [-0.39, 0.29) is 12.0 Å². The molecule has 1 fully saturated rings. The highest BCUT2D eigenvalue weighted by molar-refractivity contribution is 7.18. The second-order valence-corrected chi connectivity index (χ2v) is 9.51. The van der Waals surface area contributed by atoms with Crippen LogP contribution in [0.15, 0.2) is 48.5 Å². The fourth-order valence-corrected chi connectivity index (χ4v) is 5.17. The molecule has 2 aliphatic rings. The summed E-state index contributed by atoms with van der Waals surface area (Å²) in [6.45, 7) is 5.97. The third-order valence-electron chi connectivity index (χ3n) is 5.99. The topological polar surface area (TPSA) is 58.1 Å². The fraction of sp³-hybridized carbons (Fsp3) is 0.417. The van der Waals surface area contributed by atoms with Gasteiger partial charge in [0.05, 0.1) is 29.9 Å². The number of para-hydroxylation sites is 3. The summed E-state index contributed by atoms with van der Waals surface area (Å²) in [4.78, 5) is 23.9. The van der Waals surface area contributed by atoms with Gasteiger partial charge >= 0.3 is 0 Å². The van der Waals surface area contributed by atoms with Gasteiger partial charge in [0, 0.05) is 33.2 Å². The van der Waals surface area contributed by atoms with Crippen LogP contribution in [0.1, 0.15) is 5.01 Å². The van der Waals surface area contributed by atoms with E-state index in [2.05, 4.69) is 28.0 Å². The monoisotopic (exact) mass is 452 g/mol. The zero-order valence-corrected chi connectivity index (χ0v) is 19.1. The number of benzene rings is 2. The molecule has 0 radical (unpaired) electrons. The van der Waals surface area contributed by atoms with E-state index in [4.69, 9.17) is 14.5 Å². The summed E-state index contributed by atoms with van der Waals surface area (Å²) < 4.78 is 13.0. The molecule has 3 aromatic rings. The number of nitrogens with zero attached hydrogens (tertiary/aromatic N) is 4. The number of fused-ring (bicyclic) bond motifs is 2. The Bertz CT molecular complexity index is 1050. The van der Waals surface area contributed by atoms with E-state index in [1.807, 2.05) is 37.4 Å². The molecule has 0 aliphatic carbocycles. The van der Waals surface area contributed by atoms with Crippen molar-refractivity contribution in [3.63, 3.8) is 0 Å². The minimum Gasteiger partial charge on any atom is -0.486 e. The van der Waals surface area contributed by atoms with Gasteiger partial charge in [-0.15, -0.1) is 11.3 Å². The maximum atomic E-state index is 12.8. The Balaban J connectivity index is 1.07. The highest BCUT2D eigenvalue weighted by Gasteiger charge is 2.26. The number of thiazole rings is 1. The van der Waals surface area contributed by atoms with Gasteiger partial charge < -0.3 is 14.4 Å². The number of hydrogen-bond acceptors (Lipinski definition) is 7. The summed E-state index contributed by atoms with van der Waals surface area (Å²) in [5, 5.41) is 1.16. The van der Waals surface area contributed by atoms with E-state index in [1.54, 1.807) is 16.2 Å². The minimum atomic E-state index is -0.149. The van der Waals surface area contributed by atoms with Crippen LogP contribution < -0.4 is 9.47 Å². The molecule has 1 saturated heterocycles. The highest BCUT2D eigenvalue weighted by Crippen LogP contribution is 2.31. The van der Waals surface area contributed by atoms with Crippen molar-refractivity contribution in [1.82, 2.24) is 19.7 Å². The number of rotatable bonds is 6. The highest BCUT2D eigenvalue weighted by atomic mass is 32.1. The normalized spacial score (nSPS) is 19.2. The number of carbonyl (C=O) groups excluding carboxylic acids is 1. The zero-order valence-electron chi connectivity index (χ0n) is 18.3. The summed E-state index contributed by atoms with van der Waals surface area (Å²) in [6, 6.07) is 15.9. The average Bonchev–Trinajstić information content (AvgIpc) is 3.22. The predicted molar refractivity (Wildman–Crippen MR) is 125 cm³/mol. The van der Waals surface area contributed by atoms with Crippen LogP contribution in [0.2, 0.25) is 0 Å². The van der Waals surface area contributed by atoms with Crippen LogP contribution in [0, 0.1) is 0 Å². The van der Waals surface area contributed by atoms with Crippen LogP contribution in [-0.4, -0.2) is 84.6 Å². The van der Waals surface area contributed by atoms with E-state index in [1.165, 1.54) is 4.70 Å². The van der Waals surface area contributed by atoms with Crippen LogP contribution in [-0.2, 0) is 11.3 Å². The second kappa shape index (κ2) is 9.44. The molecule has 1 atom stereocenters. The van der Waals surface area contributed by atoms with Crippen LogP contribution >= 0.6 is 11.3 Å². The van der Waals surface area contributed by atoms with Crippen molar-refractivity contribution in [2.24, 2.45) is 0 Å². The van der Waals surface area contributed by atoms with Crippen LogP contribution in [0.5, 0.6) is 11.5 Å². The van der Waals surface area contributed by atoms with Crippen molar-refractivity contribution in [3.05, 3.63) is 53.5 Å². The SMILES string of the molecule is CN(CC1COc2ccccc2O1)C(=O)CN1CCN(Cc2nc3ccccc3s2)CC1. The van der Waals surface area contributed by atoms with Crippen molar-refractivity contribution in [2.45, 2.75) is 12.6 Å². The molecule has 7 nitrogen and oxygen atoms in total. The molecule has 168 valence electrons. The summed E-state index contributed by atoms with van der Waals surface area (Å²) in [5.74, 6) is 1.63. The summed E-state index contributed by atoms with van der Waals surface area (Å²) in [6.07, 6.45) is -0.149. The van der Waals surface area contributed by atoms with Gasteiger partial charge in [0.2, 0.25) is 5.91 Å². The van der Waals surface area contributed by atoms with E-state index >= 15 is 0 Å². The van der Waals surface area contributed by atoms with Gasteiger partial charge in [-0.3, -0.25) is 14.6 Å². The Morgan fingerprint density at radius 1 is 1.06 bits per heavy atom. The fourth-order valence-electron chi connectivity index (χ4n) is 4.16. The molecular formula is C24H28N4O3S. The van der Waals surface area contributed by atoms with Crippen LogP contribution in [0.25, 0.3) is 10.2 Å². The lowest BCUT2D eigenvalue weighted by molar-refractivity contribution is -0.133. The molecule has 1 aromatic heterocycles. The Morgan fingerprint density at radius 3 is 2.59 bits per heavy atom. The first kappa shape index (κ1) is 21.2. The van der Waals surface area contributed by atoms with Gasteiger partial charge in [-0.25, -0.2) is 4.98 Å². The molecule has 2 aromatic carbocycles. The third kappa shape index (κ3) is 4.87. The Labute approximate surface area is 192 Å². The van der Waals surface area contributed by atoms with Crippen molar-refractivity contribution in [1.29, 1.82) is 0 Å². The number of hydrogen-bond donors (Lipinski definition) is 0. The quantitative estimate of drug-likeness (QED) is 0.573. The van der Waals surface area contributed by atoms with Crippen LogP contribution in [0.3, 0.4) is 0 Å². The van der Waals surface area contributed by atoms with Gasteiger partial charge in [-0.05, 0) is 24.3 Å². The molecule has 32 heavy (non-hydrogen) atoms. The number of amides is 1. The maximum absolute atomic E-state index is 12.8. The molecule has 0 saturated carbocycles. The van der Waals surface area contributed by atoms with Crippen molar-refractivity contribution in [3.8, 4) is 11.5 Å². The smallest absolute Gasteiger partial charge is 0.236 e. The predicted octanol–water partition coefficient (Wildman–Crippen LogP) is 2.71. The lowest BCUT2D eigenvalue weighted by atomic mass is 10.2. The number of aromatic nitrogens is 1. The Kier molecular flexibility index (Phi) is 6.25. The van der Waals surface area contributed by atoms with Gasteiger partial charge in [-0.2, -0.15) is 0 Å². The molecule has 0 bridgehead atoms. The molecule has 1 unspecified atom stereocenters. The lowest BCUT2D eigenvalue weighted by Gasteiger charge is -2.35. The lowest BCUT2D eigenvalue weighted by Crippen LogP contribution is -2.50. The van der Waals surface area contributed by atoms with E-state index in [9.17, 15) is 4.79 Å². The van der Waals surface area contributed by atoms with Gasteiger partial charge in [0.15, 0.2) is 17.6 Å². The van der Waals surface area contributed by atoms with E-state index in [0.717, 1.165) is 54.7 Å². The van der Waals surface area contributed by atoms with E-state index in [0.29, 0.717) is 19.7 Å². The summed E-state index contributed by atoms with van der Waals surface area (Å²) >= 11 is 1.77. The third-order valence-corrected chi connectivity index (χ3v) is 7.01. The zero-order chi connectivity index (χ0) is 21.9. The molecular weight excluding hydrogens is 424 g/mol.